The number of carbonyl (C=O) groups excluding carboxylic acids is 4. The number of hydrogen-bond acceptors (Lipinski definition) is 8. The van der Waals surface area contributed by atoms with Gasteiger partial charge in [-0.25, -0.2) is 0 Å². The van der Waals surface area contributed by atoms with Crippen LogP contribution in [0.1, 0.15) is 314 Å². The first-order valence-corrected chi connectivity index (χ1v) is 27.4. The number of carboxylic acid groups (broad SMARTS) is 4. The molecule has 0 aromatic carbocycles. The average molecular weight is 1030 g/mol. The van der Waals surface area contributed by atoms with Crippen LogP contribution in [0.5, 0.6) is 0 Å². The van der Waals surface area contributed by atoms with Crippen molar-refractivity contribution in [1.29, 1.82) is 0 Å². The fourth-order valence-corrected chi connectivity index (χ4v) is 8.91. The quantitative estimate of drug-likeness (QED) is 0.0548. The predicted molar refractivity (Wildman–Crippen MR) is 270 cm³/mol. The molecule has 384 valence electrons. The van der Waals surface area contributed by atoms with Crippen LogP contribution in [0.4, 0.5) is 0 Å². The van der Waals surface area contributed by atoms with Crippen molar-refractivity contribution in [2.24, 2.45) is 21.7 Å². The van der Waals surface area contributed by atoms with Gasteiger partial charge in [-0.2, -0.15) is 0 Å². The second-order valence-electron chi connectivity index (χ2n) is 19.5. The van der Waals surface area contributed by atoms with E-state index in [0.717, 1.165) is 231 Å². The summed E-state index contributed by atoms with van der Waals surface area (Å²) in [5.74, 6) is -3.27. The molecule has 9 heteroatoms. The van der Waals surface area contributed by atoms with Gasteiger partial charge in [-0.1, -0.05) is 237 Å². The van der Waals surface area contributed by atoms with Gasteiger partial charge in [-0.15, -0.1) is 0 Å². The smallest absolute Gasteiger partial charge is 0.550 e. The Bertz CT molecular complexity index is 837. The summed E-state index contributed by atoms with van der Waals surface area (Å²) in [5.41, 5.74) is -2.16. The number of carboxylic acids is 4. The van der Waals surface area contributed by atoms with Gasteiger partial charge in [-0.3, -0.25) is 0 Å². The molecule has 0 fully saturated rings. The molecule has 0 aromatic heterocycles. The first-order valence-electron chi connectivity index (χ1n) is 27.4. The van der Waals surface area contributed by atoms with E-state index in [1.165, 1.54) is 0 Å². The standard InChI is InChI=1S/4C14H28O2.Sn/c4*1-4-7-10-14(13(15)16,11-8-5-2)12-9-6-3;/h4*4-12H2,1-3H3,(H,15,16);/q;;;;+4/p-4. The number of aliphatic carboxylic acids is 4. The molecule has 0 N–H and O–H groups in total. The van der Waals surface area contributed by atoms with Gasteiger partial charge in [0, 0.05) is 45.5 Å². The van der Waals surface area contributed by atoms with E-state index in [2.05, 4.69) is 83.1 Å². The fourth-order valence-electron chi connectivity index (χ4n) is 8.91. The summed E-state index contributed by atoms with van der Waals surface area (Å²) in [6, 6.07) is 0. The van der Waals surface area contributed by atoms with Crippen LogP contribution < -0.4 is 20.4 Å². The molecule has 0 amide bonds. The molecule has 0 aliphatic carbocycles. The van der Waals surface area contributed by atoms with Crippen LogP contribution in [0.15, 0.2) is 0 Å². The molecule has 0 spiro atoms. The Morgan fingerprint density at radius 3 is 0.354 bits per heavy atom. The third-order valence-corrected chi connectivity index (χ3v) is 13.8. The zero-order valence-corrected chi connectivity index (χ0v) is 48.1. The largest absolute Gasteiger partial charge is 4.00 e. The average Bonchev–Trinajstić information content (AvgIpc) is 3.28. The molecule has 0 bridgehead atoms. The summed E-state index contributed by atoms with van der Waals surface area (Å²) in [4.78, 5) is 45.7. The third kappa shape index (κ3) is 33.8. The van der Waals surface area contributed by atoms with Gasteiger partial charge >= 0.3 is 23.9 Å². The second kappa shape index (κ2) is 47.7. The van der Waals surface area contributed by atoms with Crippen LogP contribution >= 0.6 is 0 Å². The second-order valence-corrected chi connectivity index (χ2v) is 19.5. The van der Waals surface area contributed by atoms with Gasteiger partial charge in [0.1, 0.15) is 0 Å². The van der Waals surface area contributed by atoms with E-state index in [-0.39, 0.29) is 23.9 Å². The van der Waals surface area contributed by atoms with E-state index >= 15 is 0 Å². The first-order chi connectivity index (χ1) is 30.5. The van der Waals surface area contributed by atoms with Crippen LogP contribution in [-0.4, -0.2) is 47.8 Å². The van der Waals surface area contributed by atoms with Crippen LogP contribution in [0, 0.1) is 21.7 Å². The van der Waals surface area contributed by atoms with Crippen LogP contribution in [0.25, 0.3) is 0 Å². The molecule has 65 heavy (non-hydrogen) atoms. The maximum atomic E-state index is 11.4. The molecule has 0 aliphatic heterocycles. The molecule has 0 rings (SSSR count). The zero-order chi connectivity index (χ0) is 49.8. The van der Waals surface area contributed by atoms with Gasteiger partial charge < -0.3 is 39.6 Å². The summed E-state index contributed by atoms with van der Waals surface area (Å²) in [6.07, 6.45) is 34.3. The number of carbonyl (C=O) groups is 4. The van der Waals surface area contributed by atoms with Gasteiger partial charge in [-0.05, 0) is 77.0 Å². The maximum absolute atomic E-state index is 11.4. The summed E-state index contributed by atoms with van der Waals surface area (Å²) >= 11 is 0. The van der Waals surface area contributed by atoms with Crippen molar-refractivity contribution in [3.63, 3.8) is 0 Å². The Morgan fingerprint density at radius 1 is 0.231 bits per heavy atom. The monoisotopic (exact) mass is 1030 g/mol. The van der Waals surface area contributed by atoms with Crippen LogP contribution in [0.2, 0.25) is 0 Å². The summed E-state index contributed by atoms with van der Waals surface area (Å²) in [5, 5.41) is 45.7. The Balaban J connectivity index is -0.000000245. The third-order valence-electron chi connectivity index (χ3n) is 13.8. The minimum atomic E-state index is -0.817. The van der Waals surface area contributed by atoms with Crippen molar-refractivity contribution in [2.45, 2.75) is 314 Å². The Labute approximate surface area is 421 Å². The predicted octanol–water partition coefficient (Wildman–Crippen LogP) is 12.8. The van der Waals surface area contributed by atoms with Crippen molar-refractivity contribution in [3.05, 3.63) is 0 Å². The Morgan fingerprint density at radius 2 is 0.308 bits per heavy atom. The van der Waals surface area contributed by atoms with Crippen molar-refractivity contribution < 1.29 is 39.6 Å². The van der Waals surface area contributed by atoms with E-state index in [9.17, 15) is 39.6 Å². The first kappa shape index (κ1) is 72.7. The van der Waals surface area contributed by atoms with Crippen molar-refractivity contribution in [1.82, 2.24) is 0 Å². The molecule has 0 unspecified atom stereocenters. The molecular formula is C56H108O8Sn. The molecule has 0 saturated heterocycles. The van der Waals surface area contributed by atoms with E-state index in [0.29, 0.717) is 0 Å². The van der Waals surface area contributed by atoms with E-state index < -0.39 is 45.5 Å². The van der Waals surface area contributed by atoms with Gasteiger partial charge in [0.2, 0.25) is 0 Å². The SMILES string of the molecule is CCCCC(CCCC)(CCCC)C(=O)[O-].CCCCC(CCCC)(CCCC)C(=O)[O-].CCCCC(CCCC)(CCCC)C(=O)[O-].CCCCC(CCCC)(CCCC)C(=O)[O-].[Sn+4]. The minimum absolute atomic E-state index is 0. The van der Waals surface area contributed by atoms with E-state index in [4.69, 9.17) is 0 Å². The molecule has 0 aliphatic rings. The van der Waals surface area contributed by atoms with Gasteiger partial charge in [0.15, 0.2) is 0 Å². The van der Waals surface area contributed by atoms with Gasteiger partial charge in [0.05, 0.1) is 0 Å². The van der Waals surface area contributed by atoms with Crippen LogP contribution in [0.3, 0.4) is 0 Å². The van der Waals surface area contributed by atoms with Gasteiger partial charge in [0.25, 0.3) is 0 Å². The molecular weight excluding hydrogens is 919 g/mol. The van der Waals surface area contributed by atoms with Crippen molar-refractivity contribution in [3.8, 4) is 0 Å². The molecule has 0 atom stereocenters. The summed E-state index contributed by atoms with van der Waals surface area (Å²) in [7, 11) is 0. The van der Waals surface area contributed by atoms with Crippen molar-refractivity contribution in [2.75, 3.05) is 0 Å². The molecule has 0 saturated carbocycles. The van der Waals surface area contributed by atoms with Crippen molar-refractivity contribution >= 4 is 47.8 Å². The molecule has 8 nitrogen and oxygen atoms in total. The van der Waals surface area contributed by atoms with E-state index in [1.807, 2.05) is 0 Å². The zero-order valence-electron chi connectivity index (χ0n) is 45.2. The minimum Gasteiger partial charge on any atom is -0.550 e. The fraction of sp³-hybridized carbons (Fsp3) is 0.929. The summed E-state index contributed by atoms with van der Waals surface area (Å²) in [6.45, 7) is 25.3. The Hall–Kier alpha value is -1.32. The van der Waals surface area contributed by atoms with Crippen LogP contribution in [-0.2, 0) is 19.2 Å². The number of unbranched alkanes of at least 4 members (excludes halogenated alkanes) is 12. The molecule has 0 aromatic rings. The molecule has 0 radical (unpaired) electrons. The Kier molecular flexibility index (Phi) is 53.4. The summed E-state index contributed by atoms with van der Waals surface area (Å²) < 4.78 is 0. The van der Waals surface area contributed by atoms with E-state index in [1.54, 1.807) is 0 Å². The maximum Gasteiger partial charge on any atom is 4.00 e. The topological polar surface area (TPSA) is 161 Å². The molecule has 0 heterocycles. The number of hydrogen-bond donors (Lipinski definition) is 0. The normalized spacial score (nSPS) is 11.5. The number of rotatable bonds is 40.